The number of hydrogen-bond donors (Lipinski definition) is 1. The van der Waals surface area contributed by atoms with Crippen LogP contribution in [0.3, 0.4) is 0 Å². The lowest BCUT2D eigenvalue weighted by Gasteiger charge is -2.14. The maximum atomic E-state index is 5.18. The Morgan fingerprint density at radius 3 is 2.58 bits per heavy atom. The molecule has 0 aliphatic carbocycles. The third-order valence-corrected chi connectivity index (χ3v) is 3.37. The summed E-state index contributed by atoms with van der Waals surface area (Å²) in [6.07, 6.45) is 1.81. The Kier molecular flexibility index (Phi) is 3.99. The lowest BCUT2D eigenvalue weighted by Crippen LogP contribution is -2.04. The number of aromatic nitrogens is 3. The van der Waals surface area contributed by atoms with Gasteiger partial charge in [0.05, 0.1) is 23.0 Å². The molecule has 6 heteroatoms. The van der Waals surface area contributed by atoms with E-state index in [1.807, 2.05) is 33.0 Å². The summed E-state index contributed by atoms with van der Waals surface area (Å²) in [5.74, 6) is 1.25. The van der Waals surface area contributed by atoms with Crippen molar-refractivity contribution in [2.45, 2.75) is 20.8 Å². The summed E-state index contributed by atoms with van der Waals surface area (Å²) in [4.78, 5) is 4.36. The van der Waals surface area contributed by atoms with E-state index in [1.165, 1.54) is 0 Å². The highest BCUT2D eigenvalue weighted by Crippen LogP contribution is 2.30. The van der Waals surface area contributed by atoms with Crippen LogP contribution in [0.5, 0.6) is 5.88 Å². The van der Waals surface area contributed by atoms with E-state index in [-0.39, 0.29) is 0 Å². The Morgan fingerprint density at radius 1 is 1.21 bits per heavy atom. The topological polar surface area (TPSA) is 59.9 Å². The first-order chi connectivity index (χ1) is 9.02. The van der Waals surface area contributed by atoms with Crippen molar-refractivity contribution in [1.29, 1.82) is 0 Å². The first-order valence-corrected chi connectivity index (χ1v) is 6.59. The van der Waals surface area contributed by atoms with Gasteiger partial charge in [0, 0.05) is 11.8 Å². The zero-order valence-electron chi connectivity index (χ0n) is 11.3. The van der Waals surface area contributed by atoms with Crippen LogP contribution in [-0.2, 0) is 0 Å². The third kappa shape index (κ3) is 2.84. The van der Waals surface area contributed by atoms with Crippen LogP contribution >= 0.6 is 15.9 Å². The fraction of sp³-hybridized carbons (Fsp3) is 0.308. The van der Waals surface area contributed by atoms with Crippen LogP contribution in [0.25, 0.3) is 0 Å². The maximum Gasteiger partial charge on any atom is 0.238 e. The number of nitrogens with one attached hydrogen (secondary N) is 1. The van der Waals surface area contributed by atoms with E-state index in [0.29, 0.717) is 5.88 Å². The number of hydrogen-bond acceptors (Lipinski definition) is 5. The molecule has 5 nitrogen and oxygen atoms in total. The zero-order chi connectivity index (χ0) is 14.0. The van der Waals surface area contributed by atoms with Gasteiger partial charge in [-0.3, -0.25) is 0 Å². The van der Waals surface area contributed by atoms with Crippen molar-refractivity contribution in [3.63, 3.8) is 0 Å². The summed E-state index contributed by atoms with van der Waals surface area (Å²) < 4.78 is 6.09. The second kappa shape index (κ2) is 5.52. The summed E-state index contributed by atoms with van der Waals surface area (Å²) in [5.41, 5.74) is 3.66. The molecule has 0 aliphatic rings. The summed E-state index contributed by atoms with van der Waals surface area (Å²) in [5, 5.41) is 11.3. The largest absolute Gasteiger partial charge is 0.480 e. The Labute approximate surface area is 120 Å². The number of pyridine rings is 1. The highest BCUT2D eigenvalue weighted by Gasteiger charge is 2.12. The van der Waals surface area contributed by atoms with Crippen LogP contribution in [-0.4, -0.2) is 22.3 Å². The minimum atomic E-state index is 0.510. The van der Waals surface area contributed by atoms with E-state index in [1.54, 1.807) is 7.11 Å². The molecule has 0 unspecified atom stereocenters. The Hall–Kier alpha value is -1.69. The lowest BCUT2D eigenvalue weighted by molar-refractivity contribution is 0.388. The molecule has 0 fully saturated rings. The number of halogens is 1. The molecule has 0 spiro atoms. The van der Waals surface area contributed by atoms with Crippen LogP contribution in [0.2, 0.25) is 0 Å². The molecule has 0 saturated heterocycles. The smallest absolute Gasteiger partial charge is 0.238 e. The number of methoxy groups -OCH3 is 1. The molecule has 0 aromatic carbocycles. The molecule has 0 amide bonds. The molecule has 2 heterocycles. The predicted octanol–water partition coefficient (Wildman–Crippen LogP) is 3.31. The van der Waals surface area contributed by atoms with Crippen molar-refractivity contribution in [3.05, 3.63) is 33.6 Å². The van der Waals surface area contributed by atoms with E-state index in [0.717, 1.165) is 32.8 Å². The molecule has 19 heavy (non-hydrogen) atoms. The first kappa shape index (κ1) is 13.7. The fourth-order valence-electron chi connectivity index (χ4n) is 1.75. The number of anilines is 2. The van der Waals surface area contributed by atoms with Gasteiger partial charge < -0.3 is 10.1 Å². The standard InChI is InChI=1S/C13H15BrN4O/c1-7-5-10(14)12(15-6-7)16-11-8(2)13(19-4)18-17-9(11)3/h5-6H,1-4H3,(H,15,16,18). The van der Waals surface area contributed by atoms with Crippen LogP contribution in [0.15, 0.2) is 16.7 Å². The number of nitrogens with zero attached hydrogens (tertiary/aromatic N) is 3. The lowest BCUT2D eigenvalue weighted by atomic mass is 10.2. The molecule has 1 N–H and O–H groups in total. The molecule has 100 valence electrons. The van der Waals surface area contributed by atoms with Gasteiger partial charge in [0.25, 0.3) is 0 Å². The molecule has 2 rings (SSSR count). The molecule has 0 atom stereocenters. The maximum absolute atomic E-state index is 5.18. The molecule has 0 bridgehead atoms. The van der Waals surface area contributed by atoms with Crippen molar-refractivity contribution < 1.29 is 4.74 Å². The van der Waals surface area contributed by atoms with Crippen molar-refractivity contribution in [3.8, 4) is 5.88 Å². The average Bonchev–Trinajstić information content (AvgIpc) is 2.37. The van der Waals surface area contributed by atoms with Gasteiger partial charge in [-0.2, -0.15) is 5.10 Å². The molecule has 0 saturated carbocycles. The summed E-state index contributed by atoms with van der Waals surface area (Å²) in [7, 11) is 1.58. The number of aryl methyl sites for hydroxylation is 2. The van der Waals surface area contributed by atoms with Gasteiger partial charge in [-0.15, -0.1) is 5.10 Å². The zero-order valence-corrected chi connectivity index (χ0v) is 12.9. The monoisotopic (exact) mass is 322 g/mol. The summed E-state index contributed by atoms with van der Waals surface area (Å²) in [6, 6.07) is 2.01. The minimum Gasteiger partial charge on any atom is -0.480 e. The predicted molar refractivity (Wildman–Crippen MR) is 78.0 cm³/mol. The summed E-state index contributed by atoms with van der Waals surface area (Å²) in [6.45, 7) is 5.82. The van der Waals surface area contributed by atoms with Crippen LogP contribution in [0.4, 0.5) is 11.5 Å². The molecular weight excluding hydrogens is 308 g/mol. The highest BCUT2D eigenvalue weighted by atomic mass is 79.9. The van der Waals surface area contributed by atoms with Gasteiger partial charge in [0.1, 0.15) is 5.82 Å². The fourth-order valence-corrected chi connectivity index (χ4v) is 2.31. The molecule has 2 aromatic rings. The summed E-state index contributed by atoms with van der Waals surface area (Å²) >= 11 is 3.50. The SMILES string of the molecule is COc1nnc(C)c(Nc2ncc(C)cc2Br)c1C. The van der Waals surface area contributed by atoms with Gasteiger partial charge in [-0.05, 0) is 48.3 Å². The Morgan fingerprint density at radius 2 is 1.95 bits per heavy atom. The van der Waals surface area contributed by atoms with Crippen molar-refractivity contribution >= 4 is 27.4 Å². The molecule has 0 aliphatic heterocycles. The van der Waals surface area contributed by atoms with E-state index < -0.39 is 0 Å². The molecule has 0 radical (unpaired) electrons. The Balaban J connectivity index is 2.43. The van der Waals surface area contributed by atoms with Crippen LogP contribution < -0.4 is 10.1 Å². The van der Waals surface area contributed by atoms with Crippen molar-refractivity contribution in [2.24, 2.45) is 0 Å². The van der Waals surface area contributed by atoms with E-state index >= 15 is 0 Å². The molecular formula is C13H15BrN4O. The second-order valence-corrected chi connectivity index (χ2v) is 5.12. The number of ether oxygens (including phenoxy) is 1. The van der Waals surface area contributed by atoms with Gasteiger partial charge in [-0.25, -0.2) is 4.98 Å². The highest BCUT2D eigenvalue weighted by molar-refractivity contribution is 9.10. The Bertz CT molecular complexity index is 616. The normalized spacial score (nSPS) is 10.4. The van der Waals surface area contributed by atoms with E-state index in [4.69, 9.17) is 4.74 Å². The number of rotatable bonds is 3. The van der Waals surface area contributed by atoms with Crippen molar-refractivity contribution in [2.75, 3.05) is 12.4 Å². The van der Waals surface area contributed by atoms with Crippen molar-refractivity contribution in [1.82, 2.24) is 15.2 Å². The van der Waals surface area contributed by atoms with Gasteiger partial charge >= 0.3 is 0 Å². The first-order valence-electron chi connectivity index (χ1n) is 5.80. The minimum absolute atomic E-state index is 0.510. The third-order valence-electron chi connectivity index (χ3n) is 2.76. The quantitative estimate of drug-likeness (QED) is 0.939. The van der Waals surface area contributed by atoms with Crippen LogP contribution in [0.1, 0.15) is 16.8 Å². The van der Waals surface area contributed by atoms with E-state index in [2.05, 4.69) is 36.4 Å². The van der Waals surface area contributed by atoms with Gasteiger partial charge in [0.15, 0.2) is 0 Å². The van der Waals surface area contributed by atoms with Crippen LogP contribution in [0, 0.1) is 20.8 Å². The molecule has 2 aromatic heterocycles. The van der Waals surface area contributed by atoms with Gasteiger partial charge in [0.2, 0.25) is 5.88 Å². The average molecular weight is 323 g/mol. The van der Waals surface area contributed by atoms with E-state index in [9.17, 15) is 0 Å². The van der Waals surface area contributed by atoms with Gasteiger partial charge in [-0.1, -0.05) is 0 Å². The second-order valence-electron chi connectivity index (χ2n) is 4.26.